The van der Waals surface area contributed by atoms with E-state index in [4.69, 9.17) is 25.8 Å². The summed E-state index contributed by atoms with van der Waals surface area (Å²) in [5.41, 5.74) is 1.39. The Bertz CT molecular complexity index is 796. The molecule has 0 aliphatic carbocycles. The number of carbonyl (C=O) groups is 1. The molecule has 0 fully saturated rings. The van der Waals surface area contributed by atoms with E-state index in [-0.39, 0.29) is 11.9 Å². The van der Waals surface area contributed by atoms with Gasteiger partial charge in [-0.15, -0.1) is 0 Å². The van der Waals surface area contributed by atoms with Gasteiger partial charge in [-0.25, -0.2) is 0 Å². The number of nitrogens with zero attached hydrogens (tertiary/aromatic N) is 1. The number of benzene rings is 2. The number of nitrogens with one attached hydrogen (secondary N) is 1. The summed E-state index contributed by atoms with van der Waals surface area (Å²) in [6.07, 6.45) is 0. The molecule has 1 atom stereocenters. The van der Waals surface area contributed by atoms with Crippen LogP contribution in [0.2, 0.25) is 5.02 Å². The third-order valence-corrected chi connectivity index (χ3v) is 4.55. The highest BCUT2D eigenvalue weighted by atomic mass is 35.5. The first-order valence-corrected chi connectivity index (χ1v) is 8.79. The van der Waals surface area contributed by atoms with Gasteiger partial charge >= 0.3 is 0 Å². The van der Waals surface area contributed by atoms with Gasteiger partial charge in [-0.05, 0) is 32.3 Å². The van der Waals surface area contributed by atoms with E-state index in [9.17, 15) is 4.79 Å². The fraction of sp³-hybridized carbons (Fsp3) is 0.350. The number of halogens is 1. The summed E-state index contributed by atoms with van der Waals surface area (Å²) in [7, 11) is 8.54. The first-order chi connectivity index (χ1) is 12.9. The molecule has 0 saturated carbocycles. The van der Waals surface area contributed by atoms with Crippen molar-refractivity contribution in [3.63, 3.8) is 0 Å². The molecule has 0 aliphatic rings. The minimum Gasteiger partial charge on any atom is -0.496 e. The molecule has 7 heteroatoms. The summed E-state index contributed by atoms with van der Waals surface area (Å²) in [5.74, 6) is 1.33. The van der Waals surface area contributed by atoms with Gasteiger partial charge in [0.1, 0.15) is 5.75 Å². The predicted octanol–water partition coefficient (Wildman–Crippen LogP) is 3.40. The number of methoxy groups -OCH3 is 3. The van der Waals surface area contributed by atoms with Crippen LogP contribution in [0, 0.1) is 0 Å². The van der Waals surface area contributed by atoms with Crippen molar-refractivity contribution in [2.24, 2.45) is 0 Å². The summed E-state index contributed by atoms with van der Waals surface area (Å²) in [4.78, 5) is 14.7. The quantitative estimate of drug-likeness (QED) is 0.746. The van der Waals surface area contributed by atoms with Crippen LogP contribution in [0.15, 0.2) is 36.4 Å². The Kier molecular flexibility index (Phi) is 7.33. The molecule has 0 saturated heterocycles. The standard InChI is InChI=1S/C20H25ClN2O4/c1-23(2)16(14-8-6-7-9-17(14)25-3)12-22-20(24)13-10-15(21)19(27-5)18(11-13)26-4/h6-11,16H,12H2,1-5H3,(H,22,24)/t16-/m1/s1. The highest BCUT2D eigenvalue weighted by Gasteiger charge is 2.20. The first-order valence-electron chi connectivity index (χ1n) is 8.42. The molecule has 2 aromatic rings. The Morgan fingerprint density at radius 2 is 1.74 bits per heavy atom. The molecule has 1 N–H and O–H groups in total. The second kappa shape index (κ2) is 9.48. The Hall–Kier alpha value is -2.44. The van der Waals surface area contributed by atoms with E-state index in [1.54, 1.807) is 19.2 Å². The van der Waals surface area contributed by atoms with E-state index in [0.29, 0.717) is 28.6 Å². The monoisotopic (exact) mass is 392 g/mol. The Labute approximate surface area is 165 Å². The number of hydrogen-bond acceptors (Lipinski definition) is 5. The predicted molar refractivity (Wildman–Crippen MR) is 106 cm³/mol. The van der Waals surface area contributed by atoms with Crippen LogP contribution in [0.25, 0.3) is 0 Å². The lowest BCUT2D eigenvalue weighted by atomic mass is 10.0. The van der Waals surface area contributed by atoms with Gasteiger partial charge in [0.25, 0.3) is 5.91 Å². The van der Waals surface area contributed by atoms with Crippen LogP contribution >= 0.6 is 11.6 Å². The van der Waals surface area contributed by atoms with Crippen LogP contribution in [-0.4, -0.2) is 52.8 Å². The topological polar surface area (TPSA) is 60.0 Å². The van der Waals surface area contributed by atoms with Gasteiger partial charge in [0.2, 0.25) is 0 Å². The molecule has 2 aromatic carbocycles. The number of carbonyl (C=O) groups excluding carboxylic acids is 1. The number of ether oxygens (including phenoxy) is 3. The third-order valence-electron chi connectivity index (χ3n) is 4.27. The number of hydrogen-bond donors (Lipinski definition) is 1. The van der Waals surface area contributed by atoms with E-state index in [1.165, 1.54) is 14.2 Å². The average Bonchev–Trinajstić information content (AvgIpc) is 2.67. The molecule has 0 aliphatic heterocycles. The minimum absolute atomic E-state index is 0.0549. The van der Waals surface area contributed by atoms with Crippen molar-refractivity contribution in [1.82, 2.24) is 10.2 Å². The molecular weight excluding hydrogens is 368 g/mol. The van der Waals surface area contributed by atoms with E-state index in [0.717, 1.165) is 11.3 Å². The molecule has 0 unspecified atom stereocenters. The van der Waals surface area contributed by atoms with Crippen molar-refractivity contribution >= 4 is 17.5 Å². The van der Waals surface area contributed by atoms with Crippen molar-refractivity contribution in [1.29, 1.82) is 0 Å². The zero-order valence-corrected chi connectivity index (χ0v) is 17.0. The molecular formula is C20H25ClN2O4. The number of amides is 1. The summed E-state index contributed by atoms with van der Waals surface area (Å²) >= 11 is 6.20. The third kappa shape index (κ3) is 4.84. The molecule has 0 radical (unpaired) electrons. The molecule has 0 aromatic heterocycles. The van der Waals surface area contributed by atoms with Gasteiger partial charge in [-0.1, -0.05) is 29.8 Å². The Morgan fingerprint density at radius 1 is 1.07 bits per heavy atom. The van der Waals surface area contributed by atoms with Crippen molar-refractivity contribution in [3.8, 4) is 17.2 Å². The summed E-state index contributed by atoms with van der Waals surface area (Å²) < 4.78 is 15.9. The summed E-state index contributed by atoms with van der Waals surface area (Å²) in [6, 6.07) is 10.9. The van der Waals surface area contributed by atoms with E-state index in [2.05, 4.69) is 5.32 Å². The molecule has 0 bridgehead atoms. The van der Waals surface area contributed by atoms with Crippen LogP contribution < -0.4 is 19.5 Å². The van der Waals surface area contributed by atoms with Crippen molar-refractivity contribution < 1.29 is 19.0 Å². The Morgan fingerprint density at radius 3 is 2.33 bits per heavy atom. The highest BCUT2D eigenvalue weighted by Crippen LogP contribution is 2.36. The largest absolute Gasteiger partial charge is 0.496 e. The van der Waals surface area contributed by atoms with Crippen LogP contribution in [0.1, 0.15) is 22.0 Å². The maximum Gasteiger partial charge on any atom is 0.251 e. The Balaban J connectivity index is 2.21. The molecule has 1 amide bonds. The van der Waals surface area contributed by atoms with Gasteiger partial charge < -0.3 is 24.4 Å². The maximum absolute atomic E-state index is 12.7. The lowest BCUT2D eigenvalue weighted by molar-refractivity contribution is 0.0941. The van der Waals surface area contributed by atoms with Crippen LogP contribution in [0.3, 0.4) is 0 Å². The van der Waals surface area contributed by atoms with Crippen molar-refractivity contribution in [2.45, 2.75) is 6.04 Å². The molecule has 27 heavy (non-hydrogen) atoms. The van der Waals surface area contributed by atoms with Crippen LogP contribution in [-0.2, 0) is 0 Å². The van der Waals surface area contributed by atoms with Crippen molar-refractivity contribution in [3.05, 3.63) is 52.5 Å². The minimum atomic E-state index is -0.250. The second-order valence-corrected chi connectivity index (χ2v) is 6.53. The fourth-order valence-corrected chi connectivity index (χ4v) is 3.14. The van der Waals surface area contributed by atoms with E-state index >= 15 is 0 Å². The molecule has 0 heterocycles. The normalized spacial score (nSPS) is 11.8. The lowest BCUT2D eigenvalue weighted by Crippen LogP contribution is -2.34. The summed E-state index contributed by atoms with van der Waals surface area (Å²) in [5, 5.41) is 3.27. The maximum atomic E-state index is 12.7. The molecule has 0 spiro atoms. The zero-order valence-electron chi connectivity index (χ0n) is 16.2. The number of rotatable bonds is 8. The van der Waals surface area contributed by atoms with Crippen LogP contribution in [0.4, 0.5) is 0 Å². The van der Waals surface area contributed by atoms with Gasteiger partial charge in [0.05, 0.1) is 32.4 Å². The van der Waals surface area contributed by atoms with Crippen molar-refractivity contribution in [2.75, 3.05) is 42.0 Å². The SMILES string of the molecule is COc1ccccc1[C@@H](CNC(=O)c1cc(Cl)c(OC)c(OC)c1)N(C)C. The van der Waals surface area contributed by atoms with Gasteiger partial charge in [0, 0.05) is 17.7 Å². The number of para-hydroxylation sites is 1. The van der Waals surface area contributed by atoms with E-state index < -0.39 is 0 Å². The smallest absolute Gasteiger partial charge is 0.251 e. The van der Waals surface area contributed by atoms with Crippen LogP contribution in [0.5, 0.6) is 17.2 Å². The lowest BCUT2D eigenvalue weighted by Gasteiger charge is -2.26. The first kappa shape index (κ1) is 20.9. The molecule has 2 rings (SSSR count). The second-order valence-electron chi connectivity index (χ2n) is 6.12. The highest BCUT2D eigenvalue weighted by molar-refractivity contribution is 6.32. The van der Waals surface area contributed by atoms with E-state index in [1.807, 2.05) is 43.3 Å². The zero-order chi connectivity index (χ0) is 20.0. The number of likely N-dealkylation sites (N-methyl/N-ethyl adjacent to an activating group) is 1. The molecule has 146 valence electrons. The van der Waals surface area contributed by atoms with Gasteiger partial charge in [0.15, 0.2) is 11.5 Å². The molecule has 6 nitrogen and oxygen atoms in total. The fourth-order valence-electron chi connectivity index (χ4n) is 2.85. The summed E-state index contributed by atoms with van der Waals surface area (Å²) in [6.45, 7) is 0.401. The van der Waals surface area contributed by atoms with Gasteiger partial charge in [-0.2, -0.15) is 0 Å². The average molecular weight is 393 g/mol. The van der Waals surface area contributed by atoms with Gasteiger partial charge in [-0.3, -0.25) is 4.79 Å².